The minimum atomic E-state index is -0.286. The highest BCUT2D eigenvalue weighted by Gasteiger charge is 2.32. The largest absolute Gasteiger partial charge is 0.474 e. The summed E-state index contributed by atoms with van der Waals surface area (Å²) in [6.07, 6.45) is 2.95. The average Bonchev–Trinajstić information content (AvgIpc) is 2.57. The Labute approximate surface area is 125 Å². The molecule has 3 rings (SSSR count). The van der Waals surface area contributed by atoms with E-state index in [0.717, 1.165) is 13.0 Å². The molecule has 1 N–H and O–H groups in total. The Morgan fingerprint density at radius 2 is 2.05 bits per heavy atom. The molecule has 21 heavy (non-hydrogen) atoms. The zero-order valence-corrected chi connectivity index (χ0v) is 12.8. The van der Waals surface area contributed by atoms with Crippen LogP contribution in [0.1, 0.15) is 37.9 Å². The van der Waals surface area contributed by atoms with E-state index >= 15 is 0 Å². The number of hydrogen-bond donors (Lipinski definition) is 1. The van der Waals surface area contributed by atoms with Crippen molar-refractivity contribution in [3.05, 3.63) is 47.4 Å². The van der Waals surface area contributed by atoms with Crippen LogP contribution >= 0.6 is 0 Å². The lowest BCUT2D eigenvalue weighted by molar-refractivity contribution is -0.131. The van der Waals surface area contributed by atoms with Gasteiger partial charge in [-0.05, 0) is 38.3 Å². The van der Waals surface area contributed by atoms with Crippen molar-refractivity contribution in [2.75, 3.05) is 13.1 Å². The molecule has 0 bridgehead atoms. The van der Waals surface area contributed by atoms with Crippen LogP contribution in [0.25, 0.3) is 0 Å². The molecule has 2 aliphatic heterocycles. The summed E-state index contributed by atoms with van der Waals surface area (Å²) in [5, 5.41) is 3.12. The highest BCUT2D eigenvalue weighted by molar-refractivity contribution is 5.80. The van der Waals surface area contributed by atoms with Gasteiger partial charge in [0.05, 0.1) is 12.6 Å². The zero-order chi connectivity index (χ0) is 15.0. The fraction of sp³-hybridized carbons (Fsp3) is 0.471. The average molecular weight is 286 g/mol. The summed E-state index contributed by atoms with van der Waals surface area (Å²) in [5.41, 5.74) is 2.24. The maximum absolute atomic E-state index is 12.3. The second-order valence-corrected chi connectivity index (χ2v) is 6.58. The lowest BCUT2D eigenvalue weighted by Gasteiger charge is -2.34. The van der Waals surface area contributed by atoms with Crippen molar-refractivity contribution in [1.82, 2.24) is 10.2 Å². The number of carbonyl (C=O) groups is 1. The van der Waals surface area contributed by atoms with Crippen LogP contribution in [0.15, 0.2) is 36.2 Å². The van der Waals surface area contributed by atoms with Gasteiger partial charge in [0.2, 0.25) is 5.91 Å². The Morgan fingerprint density at radius 1 is 1.29 bits per heavy atom. The molecule has 2 aliphatic rings. The van der Waals surface area contributed by atoms with E-state index in [2.05, 4.69) is 23.5 Å². The second-order valence-electron chi connectivity index (χ2n) is 6.58. The van der Waals surface area contributed by atoms with Gasteiger partial charge in [0, 0.05) is 12.6 Å². The normalized spacial score (nSPS) is 21.7. The number of ether oxygens (including phenoxy) is 1. The van der Waals surface area contributed by atoms with Crippen LogP contribution in [0.3, 0.4) is 0 Å². The minimum Gasteiger partial charge on any atom is -0.474 e. The zero-order valence-electron chi connectivity index (χ0n) is 12.8. The van der Waals surface area contributed by atoms with E-state index in [4.69, 9.17) is 4.74 Å². The monoisotopic (exact) mass is 286 g/mol. The molecule has 1 aromatic rings. The van der Waals surface area contributed by atoms with Crippen molar-refractivity contribution in [2.45, 2.75) is 38.8 Å². The quantitative estimate of drug-likeness (QED) is 0.862. The lowest BCUT2D eigenvalue weighted by atomic mass is 9.92. The molecule has 0 spiro atoms. The molecule has 2 heterocycles. The molecule has 0 aliphatic carbocycles. The van der Waals surface area contributed by atoms with Gasteiger partial charge in [-0.1, -0.05) is 24.3 Å². The maximum Gasteiger partial charge on any atom is 0.242 e. The van der Waals surface area contributed by atoms with Gasteiger partial charge in [-0.15, -0.1) is 0 Å². The summed E-state index contributed by atoms with van der Waals surface area (Å²) in [4.78, 5) is 14.3. The van der Waals surface area contributed by atoms with Crippen LogP contribution in [-0.4, -0.2) is 29.5 Å². The van der Waals surface area contributed by atoms with E-state index < -0.39 is 0 Å². The number of carbonyl (C=O) groups excluding carboxylic acids is 1. The molecule has 1 atom stereocenters. The van der Waals surface area contributed by atoms with Crippen LogP contribution in [0.5, 0.6) is 0 Å². The fourth-order valence-electron chi connectivity index (χ4n) is 2.92. The van der Waals surface area contributed by atoms with Crippen LogP contribution in [0, 0.1) is 0 Å². The van der Waals surface area contributed by atoms with Crippen LogP contribution in [0.2, 0.25) is 0 Å². The molecule has 1 unspecified atom stereocenters. The molecule has 1 aromatic carbocycles. The van der Waals surface area contributed by atoms with Gasteiger partial charge in [-0.2, -0.15) is 0 Å². The van der Waals surface area contributed by atoms with Crippen molar-refractivity contribution in [3.63, 3.8) is 0 Å². The minimum absolute atomic E-state index is 0.0326. The first-order valence-electron chi connectivity index (χ1n) is 7.46. The van der Waals surface area contributed by atoms with Gasteiger partial charge in [0.25, 0.3) is 0 Å². The first kappa shape index (κ1) is 14.0. The van der Waals surface area contributed by atoms with Crippen molar-refractivity contribution in [1.29, 1.82) is 0 Å². The van der Waals surface area contributed by atoms with Crippen molar-refractivity contribution < 1.29 is 9.53 Å². The molecular weight excluding hydrogens is 264 g/mol. The molecule has 112 valence electrons. The molecule has 0 radical (unpaired) electrons. The smallest absolute Gasteiger partial charge is 0.242 e. The van der Waals surface area contributed by atoms with Crippen LogP contribution < -0.4 is 5.32 Å². The number of nitrogens with zero attached hydrogens (tertiary/aromatic N) is 1. The van der Waals surface area contributed by atoms with Gasteiger partial charge in [-0.3, -0.25) is 4.79 Å². The number of amides is 1. The number of benzene rings is 1. The van der Waals surface area contributed by atoms with E-state index in [1.807, 2.05) is 37.8 Å². The van der Waals surface area contributed by atoms with Gasteiger partial charge in [0.1, 0.15) is 5.60 Å². The first-order valence-corrected chi connectivity index (χ1v) is 7.46. The van der Waals surface area contributed by atoms with Crippen molar-refractivity contribution in [3.8, 4) is 0 Å². The highest BCUT2D eigenvalue weighted by Crippen LogP contribution is 2.33. The summed E-state index contributed by atoms with van der Waals surface area (Å²) in [5.74, 6) is 0.818. The standard InChI is InChI=1S/C17H22N2O2/c1-17(2,3)21-15-10-14-13-7-5-4-6-12(13)8-9-19(14)16(20)11-18-15/h4-7,10,14,18H,8-9,11H2,1-3H3. The van der Waals surface area contributed by atoms with Crippen LogP contribution in [0.4, 0.5) is 0 Å². The Hall–Kier alpha value is -1.97. The maximum atomic E-state index is 12.3. The molecule has 4 nitrogen and oxygen atoms in total. The molecule has 0 fully saturated rings. The van der Waals surface area contributed by atoms with Gasteiger partial charge in [0.15, 0.2) is 5.88 Å². The third-order valence-electron chi connectivity index (χ3n) is 3.79. The molecule has 0 aromatic heterocycles. The number of nitrogens with one attached hydrogen (secondary N) is 1. The predicted molar refractivity (Wildman–Crippen MR) is 81.5 cm³/mol. The Bertz CT molecular complexity index is 587. The fourth-order valence-corrected chi connectivity index (χ4v) is 2.92. The summed E-state index contributed by atoms with van der Waals surface area (Å²) >= 11 is 0. The lowest BCUT2D eigenvalue weighted by Crippen LogP contribution is -2.41. The summed E-state index contributed by atoms with van der Waals surface area (Å²) in [6.45, 7) is 7.08. The Balaban J connectivity index is 1.99. The number of hydrogen-bond acceptors (Lipinski definition) is 3. The molecule has 1 amide bonds. The van der Waals surface area contributed by atoms with E-state index in [0.29, 0.717) is 12.4 Å². The van der Waals surface area contributed by atoms with Crippen molar-refractivity contribution in [2.24, 2.45) is 0 Å². The molecular formula is C17H22N2O2. The van der Waals surface area contributed by atoms with E-state index in [9.17, 15) is 4.79 Å². The predicted octanol–water partition coefficient (Wildman–Crippen LogP) is 2.37. The van der Waals surface area contributed by atoms with Crippen LogP contribution in [-0.2, 0) is 16.0 Å². The third-order valence-corrected chi connectivity index (χ3v) is 3.79. The molecule has 4 heteroatoms. The van der Waals surface area contributed by atoms with E-state index in [1.165, 1.54) is 11.1 Å². The SMILES string of the molecule is CC(C)(C)OC1=CC2c3ccccc3CCN2C(=O)CN1. The van der Waals surface area contributed by atoms with Gasteiger partial charge in [-0.25, -0.2) is 0 Å². The van der Waals surface area contributed by atoms with Gasteiger partial charge < -0.3 is 15.0 Å². The first-order chi connectivity index (χ1) is 9.94. The van der Waals surface area contributed by atoms with Gasteiger partial charge >= 0.3 is 0 Å². The second kappa shape index (κ2) is 5.10. The molecule has 0 saturated heterocycles. The summed E-state index contributed by atoms with van der Waals surface area (Å²) in [7, 11) is 0. The van der Waals surface area contributed by atoms with Crippen molar-refractivity contribution >= 4 is 5.91 Å². The summed E-state index contributed by atoms with van der Waals surface area (Å²) < 4.78 is 5.94. The van der Waals surface area contributed by atoms with E-state index in [-0.39, 0.29) is 17.6 Å². The topological polar surface area (TPSA) is 41.6 Å². The highest BCUT2D eigenvalue weighted by atomic mass is 16.5. The summed E-state index contributed by atoms with van der Waals surface area (Å²) in [6, 6.07) is 8.31. The third kappa shape index (κ3) is 2.89. The number of fused-ring (bicyclic) bond motifs is 3. The van der Waals surface area contributed by atoms with E-state index in [1.54, 1.807) is 0 Å². The Morgan fingerprint density at radius 3 is 2.81 bits per heavy atom. The Kier molecular flexibility index (Phi) is 3.40. The molecule has 0 saturated carbocycles. The number of rotatable bonds is 1.